The number of carboxylic acid groups (broad SMARTS) is 1. The van der Waals surface area contributed by atoms with Gasteiger partial charge in [0.15, 0.2) is 0 Å². The summed E-state index contributed by atoms with van der Waals surface area (Å²) in [6, 6.07) is 15.7. The summed E-state index contributed by atoms with van der Waals surface area (Å²) in [5.41, 5.74) is 1.65. The number of aromatic nitrogens is 1. The van der Waals surface area contributed by atoms with Crippen LogP contribution < -0.4 is 5.32 Å². The second-order valence-corrected chi connectivity index (χ2v) is 6.49. The first-order valence-electron chi connectivity index (χ1n) is 7.66. The number of carboxylic acids is 1. The maximum Gasteiger partial charge on any atom is 0.408 e. The Hall–Kier alpha value is -2.45. The van der Waals surface area contributed by atoms with Crippen LogP contribution in [0.3, 0.4) is 0 Å². The molecule has 3 aromatic rings. The molecule has 1 unspecified atom stereocenters. The largest absolute Gasteiger partial charge is 0.480 e. The minimum Gasteiger partial charge on any atom is -0.480 e. The molecule has 0 spiro atoms. The Balaban J connectivity index is 0.00000243. The van der Waals surface area contributed by atoms with Gasteiger partial charge in [0.2, 0.25) is 0 Å². The van der Waals surface area contributed by atoms with E-state index in [2.05, 4.69) is 10.3 Å². The number of rotatable bonds is 6. The van der Waals surface area contributed by atoms with E-state index in [9.17, 15) is 14.7 Å². The normalized spacial score (nSPS) is 11.4. The van der Waals surface area contributed by atoms with Crippen LogP contribution in [0.5, 0.6) is 0 Å². The van der Waals surface area contributed by atoms with Crippen molar-refractivity contribution in [1.29, 1.82) is 0 Å². The number of alkyl carbamates (subject to hydrolysis) is 1. The van der Waals surface area contributed by atoms with Crippen molar-refractivity contribution >= 4 is 50.6 Å². The third kappa shape index (κ3) is 5.27. The molecule has 0 aliphatic rings. The number of carbonyl (C=O) groups is 2. The van der Waals surface area contributed by atoms with Crippen LogP contribution in [0.15, 0.2) is 54.6 Å². The van der Waals surface area contributed by atoms with Crippen molar-refractivity contribution in [2.24, 2.45) is 0 Å². The van der Waals surface area contributed by atoms with Crippen molar-refractivity contribution in [3.8, 4) is 0 Å². The molecule has 136 valence electrons. The predicted molar refractivity (Wildman–Crippen MR) is 105 cm³/mol. The summed E-state index contributed by atoms with van der Waals surface area (Å²) in [6.07, 6.45) is -0.660. The Labute approximate surface area is 164 Å². The molecule has 2 N–H and O–H groups in total. The Morgan fingerprint density at radius 1 is 1.12 bits per heavy atom. The molecular weight excluding hydrogens is 420 g/mol. The van der Waals surface area contributed by atoms with E-state index < -0.39 is 18.1 Å². The van der Waals surface area contributed by atoms with Gasteiger partial charge >= 0.3 is 12.1 Å². The molecule has 1 amide bonds. The molecule has 0 saturated heterocycles. The van der Waals surface area contributed by atoms with Gasteiger partial charge in [-0.15, -0.1) is 28.3 Å². The van der Waals surface area contributed by atoms with Gasteiger partial charge in [-0.1, -0.05) is 42.5 Å². The number of para-hydroxylation sites is 1. The van der Waals surface area contributed by atoms with E-state index >= 15 is 0 Å². The summed E-state index contributed by atoms with van der Waals surface area (Å²) in [7, 11) is 0. The summed E-state index contributed by atoms with van der Waals surface area (Å²) >= 11 is 1.41. The molecule has 2 aromatic carbocycles. The van der Waals surface area contributed by atoms with Crippen molar-refractivity contribution in [1.82, 2.24) is 10.3 Å². The highest BCUT2D eigenvalue weighted by molar-refractivity contribution is 8.93. The number of hydrogen-bond donors (Lipinski definition) is 2. The zero-order chi connectivity index (χ0) is 17.6. The number of aliphatic carboxylic acids is 1. The monoisotopic (exact) mass is 436 g/mol. The first-order valence-corrected chi connectivity index (χ1v) is 8.48. The van der Waals surface area contributed by atoms with Gasteiger partial charge in [-0.2, -0.15) is 0 Å². The van der Waals surface area contributed by atoms with E-state index in [1.807, 2.05) is 54.6 Å². The third-order valence-corrected chi connectivity index (χ3v) is 4.58. The van der Waals surface area contributed by atoms with Crippen molar-refractivity contribution in [3.05, 3.63) is 65.2 Å². The number of hydrogen-bond acceptors (Lipinski definition) is 5. The summed E-state index contributed by atoms with van der Waals surface area (Å²) in [5, 5.41) is 12.4. The van der Waals surface area contributed by atoms with Gasteiger partial charge in [-0.05, 0) is 17.7 Å². The Bertz CT molecular complexity index is 852. The van der Waals surface area contributed by atoms with E-state index in [4.69, 9.17) is 4.74 Å². The van der Waals surface area contributed by atoms with Crippen molar-refractivity contribution in [2.75, 3.05) is 0 Å². The van der Waals surface area contributed by atoms with Crippen LogP contribution >= 0.6 is 28.3 Å². The van der Waals surface area contributed by atoms with Gasteiger partial charge in [0.05, 0.1) is 15.2 Å². The average molecular weight is 437 g/mol. The van der Waals surface area contributed by atoms with E-state index in [-0.39, 0.29) is 30.0 Å². The zero-order valence-electron chi connectivity index (χ0n) is 13.6. The Morgan fingerprint density at radius 2 is 1.81 bits per heavy atom. The van der Waals surface area contributed by atoms with Crippen LogP contribution in [0.4, 0.5) is 4.79 Å². The fraction of sp³-hybridized carbons (Fsp3) is 0.167. The molecule has 0 bridgehead atoms. The van der Waals surface area contributed by atoms with Gasteiger partial charge < -0.3 is 15.2 Å². The maximum absolute atomic E-state index is 11.9. The summed E-state index contributed by atoms with van der Waals surface area (Å²) < 4.78 is 6.05. The molecule has 1 heterocycles. The van der Waals surface area contributed by atoms with Crippen molar-refractivity contribution in [2.45, 2.75) is 19.1 Å². The van der Waals surface area contributed by atoms with Crippen LogP contribution in [0.1, 0.15) is 10.6 Å². The van der Waals surface area contributed by atoms with E-state index in [1.165, 1.54) is 11.3 Å². The number of nitrogens with one attached hydrogen (secondary N) is 1. The molecule has 0 aliphatic carbocycles. The highest BCUT2D eigenvalue weighted by atomic mass is 79.9. The van der Waals surface area contributed by atoms with Crippen LogP contribution in [0.2, 0.25) is 0 Å². The SMILES string of the molecule is Br.O=C(NC(Cc1nc2ccccc2s1)C(=O)O)OCc1ccccc1. The minimum atomic E-state index is -1.13. The standard InChI is InChI=1S/C18H16N2O4S.BrH/c21-17(22)14(10-16-19-13-8-4-5-9-15(13)25-16)20-18(23)24-11-12-6-2-1-3-7-12;/h1-9,14H,10-11H2,(H,20,23)(H,21,22);1H. The summed E-state index contributed by atoms with van der Waals surface area (Å²) in [6.45, 7) is 0.0835. The molecule has 26 heavy (non-hydrogen) atoms. The lowest BCUT2D eigenvalue weighted by atomic mass is 10.2. The number of nitrogens with zero attached hydrogens (tertiary/aromatic N) is 1. The van der Waals surface area contributed by atoms with Crippen molar-refractivity contribution < 1.29 is 19.4 Å². The lowest BCUT2D eigenvalue weighted by Crippen LogP contribution is -2.42. The van der Waals surface area contributed by atoms with E-state index in [1.54, 1.807) is 0 Å². The molecule has 3 rings (SSSR count). The van der Waals surface area contributed by atoms with Gasteiger partial charge in [0.25, 0.3) is 0 Å². The number of fused-ring (bicyclic) bond motifs is 1. The molecule has 0 aliphatic heterocycles. The van der Waals surface area contributed by atoms with Crippen LogP contribution in [-0.4, -0.2) is 28.2 Å². The average Bonchev–Trinajstić information content (AvgIpc) is 3.02. The molecular formula is C18H17BrN2O4S. The Morgan fingerprint density at radius 3 is 2.50 bits per heavy atom. The molecule has 8 heteroatoms. The van der Waals surface area contributed by atoms with Crippen LogP contribution in [-0.2, 0) is 22.6 Å². The zero-order valence-corrected chi connectivity index (χ0v) is 16.2. The molecule has 1 aromatic heterocycles. The molecule has 6 nitrogen and oxygen atoms in total. The molecule has 0 fully saturated rings. The fourth-order valence-electron chi connectivity index (χ4n) is 2.29. The summed E-state index contributed by atoms with van der Waals surface area (Å²) in [5.74, 6) is -1.13. The van der Waals surface area contributed by atoms with Gasteiger partial charge in [-0.3, -0.25) is 0 Å². The number of amides is 1. The second kappa shape index (κ2) is 9.30. The first-order chi connectivity index (χ1) is 12.1. The summed E-state index contributed by atoms with van der Waals surface area (Å²) in [4.78, 5) is 27.7. The first kappa shape index (κ1) is 19.9. The number of carbonyl (C=O) groups excluding carboxylic acids is 1. The smallest absolute Gasteiger partial charge is 0.408 e. The number of halogens is 1. The highest BCUT2D eigenvalue weighted by Crippen LogP contribution is 2.22. The van der Waals surface area contributed by atoms with E-state index in [0.29, 0.717) is 5.01 Å². The van der Waals surface area contributed by atoms with E-state index in [0.717, 1.165) is 15.8 Å². The Kier molecular flexibility index (Phi) is 7.11. The van der Waals surface area contributed by atoms with Gasteiger partial charge in [0, 0.05) is 6.42 Å². The topological polar surface area (TPSA) is 88.5 Å². The highest BCUT2D eigenvalue weighted by Gasteiger charge is 2.23. The molecule has 0 radical (unpaired) electrons. The quantitative estimate of drug-likeness (QED) is 0.613. The number of thiazole rings is 1. The lowest BCUT2D eigenvalue weighted by molar-refractivity contribution is -0.139. The van der Waals surface area contributed by atoms with Gasteiger partial charge in [0.1, 0.15) is 12.6 Å². The predicted octanol–water partition coefficient (Wildman–Crippen LogP) is 3.80. The lowest BCUT2D eigenvalue weighted by Gasteiger charge is -2.13. The number of benzene rings is 2. The second-order valence-electron chi connectivity index (χ2n) is 5.38. The molecule has 1 atom stereocenters. The number of ether oxygens (including phenoxy) is 1. The maximum atomic E-state index is 11.9. The minimum absolute atomic E-state index is 0. The molecule has 0 saturated carbocycles. The fourth-order valence-corrected chi connectivity index (χ4v) is 3.30. The van der Waals surface area contributed by atoms with Crippen LogP contribution in [0.25, 0.3) is 10.2 Å². The van der Waals surface area contributed by atoms with Crippen LogP contribution in [0, 0.1) is 0 Å². The third-order valence-electron chi connectivity index (χ3n) is 3.52. The van der Waals surface area contributed by atoms with Gasteiger partial charge in [-0.25, -0.2) is 14.6 Å². The van der Waals surface area contributed by atoms with Crippen molar-refractivity contribution in [3.63, 3.8) is 0 Å².